The van der Waals surface area contributed by atoms with Crippen LogP contribution in [-0.2, 0) is 11.3 Å². The number of carbonyl (C=O) groups excluding carboxylic acids is 1. The molecule has 3 aromatic heterocycles. The predicted octanol–water partition coefficient (Wildman–Crippen LogP) is 2.86. The van der Waals surface area contributed by atoms with Gasteiger partial charge in [-0.2, -0.15) is 15.1 Å². The van der Waals surface area contributed by atoms with Gasteiger partial charge in [0.15, 0.2) is 5.65 Å². The molecule has 0 bridgehead atoms. The molecule has 4 heterocycles. The van der Waals surface area contributed by atoms with Crippen LogP contribution in [0.3, 0.4) is 0 Å². The standard InChI is InChI=1S/C22H22FN7O2/c23-15-3-5-16(6-4-15)30-21-18(13-26-30)20(25-12-17-2-1-11-32-17)27-22(28-21)29-9-7-14(8-10-29)19(24)31/h1-6,11,13-14H,7-10,12H2,(H2,24,31)(H,25,27,28). The summed E-state index contributed by atoms with van der Waals surface area (Å²) >= 11 is 0. The van der Waals surface area contributed by atoms with Gasteiger partial charge in [-0.15, -0.1) is 0 Å². The summed E-state index contributed by atoms with van der Waals surface area (Å²) in [5.41, 5.74) is 6.76. The van der Waals surface area contributed by atoms with Gasteiger partial charge in [0.1, 0.15) is 17.4 Å². The summed E-state index contributed by atoms with van der Waals surface area (Å²) < 4.78 is 20.5. The van der Waals surface area contributed by atoms with E-state index >= 15 is 0 Å². The van der Waals surface area contributed by atoms with Crippen LogP contribution < -0.4 is 16.0 Å². The first-order chi connectivity index (χ1) is 15.6. The average Bonchev–Trinajstić information content (AvgIpc) is 3.48. The van der Waals surface area contributed by atoms with Crippen LogP contribution in [-0.4, -0.2) is 38.7 Å². The molecule has 1 saturated heterocycles. The summed E-state index contributed by atoms with van der Waals surface area (Å²) in [5, 5.41) is 8.52. The van der Waals surface area contributed by atoms with Crippen molar-refractivity contribution in [2.45, 2.75) is 19.4 Å². The minimum Gasteiger partial charge on any atom is -0.467 e. The van der Waals surface area contributed by atoms with Gasteiger partial charge in [0.25, 0.3) is 0 Å². The first-order valence-corrected chi connectivity index (χ1v) is 10.4. The van der Waals surface area contributed by atoms with E-state index < -0.39 is 0 Å². The monoisotopic (exact) mass is 435 g/mol. The number of aromatic nitrogens is 4. The predicted molar refractivity (Wildman–Crippen MR) is 117 cm³/mol. The topological polar surface area (TPSA) is 115 Å². The second-order valence-corrected chi connectivity index (χ2v) is 7.74. The van der Waals surface area contributed by atoms with Crippen molar-refractivity contribution < 1.29 is 13.6 Å². The molecule has 0 saturated carbocycles. The van der Waals surface area contributed by atoms with Gasteiger partial charge in [0, 0.05) is 19.0 Å². The van der Waals surface area contributed by atoms with E-state index in [0.29, 0.717) is 55.6 Å². The summed E-state index contributed by atoms with van der Waals surface area (Å²) in [4.78, 5) is 23.1. The second-order valence-electron chi connectivity index (χ2n) is 7.74. The van der Waals surface area contributed by atoms with E-state index in [0.717, 1.165) is 11.1 Å². The number of piperidine rings is 1. The van der Waals surface area contributed by atoms with Gasteiger partial charge < -0.3 is 20.4 Å². The number of carbonyl (C=O) groups is 1. The molecule has 164 valence electrons. The summed E-state index contributed by atoms with van der Waals surface area (Å²) in [6.45, 7) is 1.70. The molecule has 1 aliphatic rings. The molecule has 5 rings (SSSR count). The van der Waals surface area contributed by atoms with Crippen LogP contribution in [0.15, 0.2) is 53.3 Å². The molecule has 9 nitrogen and oxygen atoms in total. The number of nitrogens with zero attached hydrogens (tertiary/aromatic N) is 5. The van der Waals surface area contributed by atoms with Crippen LogP contribution in [0.4, 0.5) is 16.2 Å². The average molecular weight is 435 g/mol. The summed E-state index contributed by atoms with van der Waals surface area (Å²) in [5.74, 6) is 1.20. The largest absolute Gasteiger partial charge is 0.467 e. The number of benzene rings is 1. The molecule has 0 aliphatic carbocycles. The maximum atomic E-state index is 13.4. The van der Waals surface area contributed by atoms with Gasteiger partial charge in [0.05, 0.1) is 30.1 Å². The fourth-order valence-electron chi connectivity index (χ4n) is 3.89. The molecular weight excluding hydrogens is 413 g/mol. The summed E-state index contributed by atoms with van der Waals surface area (Å²) in [6.07, 6.45) is 4.62. The molecule has 0 spiro atoms. The Morgan fingerprint density at radius 1 is 1.19 bits per heavy atom. The van der Waals surface area contributed by atoms with Gasteiger partial charge in [-0.3, -0.25) is 4.79 Å². The summed E-state index contributed by atoms with van der Waals surface area (Å²) in [7, 11) is 0. The van der Waals surface area contributed by atoms with Crippen molar-refractivity contribution in [1.82, 2.24) is 19.7 Å². The third-order valence-electron chi connectivity index (χ3n) is 5.68. The Bertz CT molecular complexity index is 1230. The molecule has 4 aromatic rings. The number of anilines is 2. The number of hydrogen-bond donors (Lipinski definition) is 2. The number of fused-ring (bicyclic) bond motifs is 1. The minimum absolute atomic E-state index is 0.128. The first kappa shape index (κ1) is 20.0. The second kappa shape index (κ2) is 8.29. The number of nitrogens with two attached hydrogens (primary N) is 1. The highest BCUT2D eigenvalue weighted by atomic mass is 19.1. The number of nitrogens with one attached hydrogen (secondary N) is 1. The van der Waals surface area contributed by atoms with E-state index in [1.165, 1.54) is 12.1 Å². The number of halogens is 1. The lowest BCUT2D eigenvalue weighted by Gasteiger charge is -2.30. The molecular formula is C22H22FN7O2. The number of hydrogen-bond acceptors (Lipinski definition) is 7. The Labute approximate surface area is 183 Å². The van der Waals surface area contributed by atoms with E-state index in [-0.39, 0.29) is 17.6 Å². The third-order valence-corrected chi connectivity index (χ3v) is 5.68. The van der Waals surface area contributed by atoms with Gasteiger partial charge in [0.2, 0.25) is 11.9 Å². The number of furan rings is 1. The maximum absolute atomic E-state index is 13.4. The van der Waals surface area contributed by atoms with Gasteiger partial charge in [-0.1, -0.05) is 0 Å². The fourth-order valence-corrected chi connectivity index (χ4v) is 3.89. The lowest BCUT2D eigenvalue weighted by Crippen LogP contribution is -2.39. The molecule has 1 fully saturated rings. The smallest absolute Gasteiger partial charge is 0.229 e. The van der Waals surface area contributed by atoms with Crippen molar-refractivity contribution in [2.75, 3.05) is 23.3 Å². The Morgan fingerprint density at radius 2 is 1.97 bits per heavy atom. The zero-order valence-corrected chi connectivity index (χ0v) is 17.2. The highest BCUT2D eigenvalue weighted by molar-refractivity contribution is 5.88. The molecule has 3 N–H and O–H groups in total. The van der Waals surface area contributed by atoms with Gasteiger partial charge >= 0.3 is 0 Å². The summed E-state index contributed by atoms with van der Waals surface area (Å²) in [6, 6.07) is 9.78. The van der Waals surface area contributed by atoms with Crippen LogP contribution >= 0.6 is 0 Å². The van der Waals surface area contributed by atoms with Gasteiger partial charge in [-0.25, -0.2) is 9.07 Å². The fraction of sp³-hybridized carbons (Fsp3) is 0.273. The van der Waals surface area contributed by atoms with Crippen LogP contribution in [0.5, 0.6) is 0 Å². The Balaban J connectivity index is 1.53. The molecule has 0 atom stereocenters. The van der Waals surface area contributed by atoms with E-state index in [1.807, 2.05) is 17.0 Å². The van der Waals surface area contributed by atoms with Crippen molar-refractivity contribution in [3.8, 4) is 5.69 Å². The number of rotatable bonds is 6. The molecule has 1 aromatic carbocycles. The van der Waals surface area contributed by atoms with E-state index in [9.17, 15) is 9.18 Å². The zero-order chi connectivity index (χ0) is 22.1. The van der Waals surface area contributed by atoms with E-state index in [2.05, 4.69) is 10.4 Å². The van der Waals surface area contributed by atoms with E-state index in [4.69, 9.17) is 20.1 Å². The highest BCUT2D eigenvalue weighted by Crippen LogP contribution is 2.28. The van der Waals surface area contributed by atoms with Crippen molar-refractivity contribution in [3.63, 3.8) is 0 Å². The minimum atomic E-state index is -0.321. The van der Waals surface area contributed by atoms with Crippen LogP contribution in [0.2, 0.25) is 0 Å². The lowest BCUT2D eigenvalue weighted by atomic mass is 9.96. The molecule has 32 heavy (non-hydrogen) atoms. The van der Waals surface area contributed by atoms with E-state index in [1.54, 1.807) is 29.3 Å². The molecule has 0 radical (unpaired) electrons. The molecule has 0 unspecified atom stereocenters. The van der Waals surface area contributed by atoms with Crippen LogP contribution in [0.25, 0.3) is 16.7 Å². The molecule has 1 amide bonds. The Hall–Kier alpha value is -3.95. The maximum Gasteiger partial charge on any atom is 0.229 e. The Kier molecular flexibility index (Phi) is 5.18. The molecule has 10 heteroatoms. The van der Waals surface area contributed by atoms with Crippen molar-refractivity contribution in [1.29, 1.82) is 0 Å². The normalized spacial score (nSPS) is 14.7. The first-order valence-electron chi connectivity index (χ1n) is 10.4. The van der Waals surface area contributed by atoms with Crippen molar-refractivity contribution >= 4 is 28.7 Å². The van der Waals surface area contributed by atoms with Gasteiger partial charge in [-0.05, 0) is 49.2 Å². The number of amides is 1. The number of primary amides is 1. The SMILES string of the molecule is NC(=O)C1CCN(c2nc(NCc3ccco3)c3cnn(-c4ccc(F)cc4)c3n2)CC1. The van der Waals surface area contributed by atoms with Crippen LogP contribution in [0.1, 0.15) is 18.6 Å². The van der Waals surface area contributed by atoms with Crippen molar-refractivity contribution in [2.24, 2.45) is 11.7 Å². The van der Waals surface area contributed by atoms with Crippen LogP contribution in [0, 0.1) is 11.7 Å². The van der Waals surface area contributed by atoms with Crippen molar-refractivity contribution in [3.05, 3.63) is 60.4 Å². The molecule has 1 aliphatic heterocycles. The highest BCUT2D eigenvalue weighted by Gasteiger charge is 2.26. The quantitative estimate of drug-likeness (QED) is 0.478. The third kappa shape index (κ3) is 3.86. The lowest BCUT2D eigenvalue weighted by molar-refractivity contribution is -0.122. The Morgan fingerprint density at radius 3 is 2.66 bits per heavy atom. The zero-order valence-electron chi connectivity index (χ0n) is 17.2.